The zero-order valence-electron chi connectivity index (χ0n) is 15.6. The maximum absolute atomic E-state index is 12.0. The van der Waals surface area contributed by atoms with Gasteiger partial charge in [-0.05, 0) is 42.2 Å². The van der Waals surface area contributed by atoms with E-state index in [1.165, 1.54) is 12.5 Å². The number of rotatable bonds is 6. The van der Waals surface area contributed by atoms with Crippen LogP contribution in [0, 0.1) is 5.92 Å². The molecule has 1 amide bonds. The van der Waals surface area contributed by atoms with Gasteiger partial charge in [0.05, 0.1) is 13.2 Å². The van der Waals surface area contributed by atoms with Gasteiger partial charge in [-0.15, -0.1) is 0 Å². The van der Waals surface area contributed by atoms with E-state index in [0.717, 1.165) is 49.2 Å². The molecule has 2 aromatic heterocycles. The molecule has 0 radical (unpaired) electrons. The number of hydrogen-bond donors (Lipinski definition) is 1. The molecule has 0 bridgehead atoms. The topological polar surface area (TPSA) is 67.6 Å². The summed E-state index contributed by atoms with van der Waals surface area (Å²) < 4.78 is 11.1. The maximum Gasteiger partial charge on any atom is 0.244 e. The minimum atomic E-state index is -0.148. The van der Waals surface area contributed by atoms with Crippen molar-refractivity contribution in [1.82, 2.24) is 10.3 Å². The van der Waals surface area contributed by atoms with Crippen molar-refractivity contribution in [3.8, 4) is 0 Å². The van der Waals surface area contributed by atoms with E-state index >= 15 is 0 Å². The quantitative estimate of drug-likeness (QED) is 0.795. The Balaban J connectivity index is 1.25. The lowest BCUT2D eigenvalue weighted by Gasteiger charge is -2.27. The third-order valence-electron chi connectivity index (χ3n) is 5.13. The predicted molar refractivity (Wildman–Crippen MR) is 103 cm³/mol. The van der Waals surface area contributed by atoms with E-state index in [0.29, 0.717) is 18.4 Å². The molecule has 2 unspecified atom stereocenters. The molecule has 2 atom stereocenters. The van der Waals surface area contributed by atoms with Crippen molar-refractivity contribution in [2.75, 3.05) is 31.2 Å². The first-order chi connectivity index (χ1) is 13.2. The van der Waals surface area contributed by atoms with Crippen LogP contribution in [-0.4, -0.2) is 37.2 Å². The molecule has 1 aliphatic heterocycles. The lowest BCUT2D eigenvalue weighted by Crippen LogP contribution is -2.36. The number of anilines is 1. The maximum atomic E-state index is 12.0. The zero-order valence-corrected chi connectivity index (χ0v) is 15.6. The number of morpholine rings is 1. The average Bonchev–Trinajstić information content (AvgIpc) is 3.25. The molecule has 0 spiro atoms. The van der Waals surface area contributed by atoms with E-state index in [-0.39, 0.29) is 5.91 Å². The fraction of sp³-hybridized carbons (Fsp3) is 0.429. The second-order valence-electron chi connectivity index (χ2n) is 7.23. The van der Waals surface area contributed by atoms with Crippen molar-refractivity contribution in [1.29, 1.82) is 0 Å². The fourth-order valence-electron chi connectivity index (χ4n) is 3.28. The van der Waals surface area contributed by atoms with Crippen molar-refractivity contribution >= 4 is 17.8 Å². The van der Waals surface area contributed by atoms with Crippen LogP contribution in [0.5, 0.6) is 0 Å². The Labute approximate surface area is 159 Å². The highest BCUT2D eigenvalue weighted by Crippen LogP contribution is 2.47. The Morgan fingerprint density at radius 2 is 2.11 bits per heavy atom. The van der Waals surface area contributed by atoms with Gasteiger partial charge in [-0.2, -0.15) is 0 Å². The van der Waals surface area contributed by atoms with E-state index in [1.807, 2.05) is 30.5 Å². The molecule has 4 rings (SSSR count). The Morgan fingerprint density at radius 3 is 2.81 bits per heavy atom. The summed E-state index contributed by atoms with van der Waals surface area (Å²) in [7, 11) is 0. The van der Waals surface area contributed by atoms with Crippen molar-refractivity contribution in [3.63, 3.8) is 0 Å². The summed E-state index contributed by atoms with van der Waals surface area (Å²) in [6, 6.07) is 7.91. The number of furan rings is 1. The van der Waals surface area contributed by atoms with Crippen LogP contribution in [0.1, 0.15) is 36.3 Å². The Hall–Kier alpha value is -2.60. The Kier molecular flexibility index (Phi) is 5.25. The number of amides is 1. The Bertz CT molecular complexity index is 806. The van der Waals surface area contributed by atoms with Gasteiger partial charge in [-0.3, -0.25) is 4.79 Å². The van der Waals surface area contributed by atoms with E-state index in [9.17, 15) is 4.79 Å². The van der Waals surface area contributed by atoms with Crippen LogP contribution in [0.2, 0.25) is 0 Å². The summed E-state index contributed by atoms with van der Waals surface area (Å²) in [6.45, 7) is 5.87. The number of carbonyl (C=O) groups excluding carboxylic acids is 1. The van der Waals surface area contributed by atoms with Crippen molar-refractivity contribution in [3.05, 3.63) is 53.6 Å². The summed E-state index contributed by atoms with van der Waals surface area (Å²) in [5.41, 5.74) is 0.969. The predicted octanol–water partition coefficient (Wildman–Crippen LogP) is 2.96. The number of nitrogens with one attached hydrogen (secondary N) is 1. The molecule has 1 saturated carbocycles. The largest absolute Gasteiger partial charge is 0.461 e. The van der Waals surface area contributed by atoms with Crippen molar-refractivity contribution < 1.29 is 13.9 Å². The first kappa shape index (κ1) is 17.8. The summed E-state index contributed by atoms with van der Waals surface area (Å²) in [5, 5.41) is 2.88. The average molecular weight is 367 g/mol. The summed E-state index contributed by atoms with van der Waals surface area (Å²) >= 11 is 0. The number of aromatic nitrogens is 1. The molecule has 6 heteroatoms. The van der Waals surface area contributed by atoms with Crippen LogP contribution < -0.4 is 10.2 Å². The van der Waals surface area contributed by atoms with Crippen molar-refractivity contribution in [2.24, 2.45) is 5.92 Å². The van der Waals surface area contributed by atoms with Crippen LogP contribution in [0.25, 0.3) is 6.08 Å². The second kappa shape index (κ2) is 7.96. The fourth-order valence-corrected chi connectivity index (χ4v) is 3.28. The molecule has 3 heterocycles. The minimum Gasteiger partial charge on any atom is -0.461 e. The van der Waals surface area contributed by atoms with Gasteiger partial charge >= 0.3 is 0 Å². The van der Waals surface area contributed by atoms with Crippen LogP contribution in [-0.2, 0) is 16.1 Å². The van der Waals surface area contributed by atoms with E-state index < -0.39 is 0 Å². The highest BCUT2D eigenvalue weighted by atomic mass is 16.5. The van der Waals surface area contributed by atoms with Crippen molar-refractivity contribution in [2.45, 2.75) is 25.8 Å². The van der Waals surface area contributed by atoms with Gasteiger partial charge in [-0.25, -0.2) is 4.98 Å². The molecular weight excluding hydrogens is 342 g/mol. The van der Waals surface area contributed by atoms with E-state index in [1.54, 1.807) is 6.08 Å². The lowest BCUT2D eigenvalue weighted by molar-refractivity contribution is -0.116. The minimum absolute atomic E-state index is 0.148. The number of nitrogens with zero attached hydrogens (tertiary/aromatic N) is 2. The number of hydrogen-bond acceptors (Lipinski definition) is 5. The van der Waals surface area contributed by atoms with Gasteiger partial charge in [-0.1, -0.05) is 13.0 Å². The summed E-state index contributed by atoms with van der Waals surface area (Å²) in [6.07, 6.45) is 6.22. The van der Waals surface area contributed by atoms with Gasteiger partial charge in [0.1, 0.15) is 17.3 Å². The number of pyridine rings is 1. The zero-order chi connectivity index (χ0) is 18.6. The highest BCUT2D eigenvalue weighted by Gasteiger charge is 2.36. The molecule has 1 N–H and O–H groups in total. The summed E-state index contributed by atoms with van der Waals surface area (Å²) in [4.78, 5) is 18.7. The van der Waals surface area contributed by atoms with Gasteiger partial charge in [0.15, 0.2) is 0 Å². The SMILES string of the molecule is CC1CC1c1ccc(C=CC(=O)NCc2ccc(N3CCOCC3)nc2)o1. The smallest absolute Gasteiger partial charge is 0.244 e. The van der Waals surface area contributed by atoms with E-state index in [2.05, 4.69) is 22.1 Å². The third kappa shape index (κ3) is 4.57. The normalized spacial score (nSPS) is 22.2. The molecule has 2 aromatic rings. The molecule has 1 aliphatic carbocycles. The van der Waals surface area contributed by atoms with Crippen LogP contribution in [0.15, 0.2) is 41.0 Å². The highest BCUT2D eigenvalue weighted by molar-refractivity contribution is 5.91. The molecule has 2 fully saturated rings. The van der Waals surface area contributed by atoms with Gasteiger partial charge in [0.25, 0.3) is 0 Å². The van der Waals surface area contributed by atoms with E-state index in [4.69, 9.17) is 9.15 Å². The lowest BCUT2D eigenvalue weighted by atomic mass is 10.2. The molecule has 1 saturated heterocycles. The molecule has 2 aliphatic rings. The van der Waals surface area contributed by atoms with Crippen LogP contribution in [0.3, 0.4) is 0 Å². The molecule has 0 aromatic carbocycles. The standard InChI is InChI=1S/C21H25N3O3/c1-15-12-18(15)19-5-3-17(27-19)4-7-21(25)23-14-16-2-6-20(22-13-16)24-8-10-26-11-9-24/h2-7,13,15,18H,8-12,14H2,1H3,(H,23,25). The first-order valence-electron chi connectivity index (χ1n) is 9.52. The van der Waals surface area contributed by atoms with Gasteiger partial charge in [0.2, 0.25) is 5.91 Å². The number of carbonyl (C=O) groups is 1. The first-order valence-corrected chi connectivity index (χ1v) is 9.52. The van der Waals surface area contributed by atoms with Crippen LogP contribution >= 0.6 is 0 Å². The summed E-state index contributed by atoms with van der Waals surface area (Å²) in [5.74, 6) is 3.80. The third-order valence-corrected chi connectivity index (χ3v) is 5.13. The van der Waals surface area contributed by atoms with Crippen LogP contribution in [0.4, 0.5) is 5.82 Å². The molecule has 6 nitrogen and oxygen atoms in total. The monoisotopic (exact) mass is 367 g/mol. The second-order valence-corrected chi connectivity index (χ2v) is 7.23. The van der Waals surface area contributed by atoms with Gasteiger partial charge < -0.3 is 19.4 Å². The van der Waals surface area contributed by atoms with Gasteiger partial charge in [0, 0.05) is 37.8 Å². The molecule has 27 heavy (non-hydrogen) atoms. The Morgan fingerprint density at radius 1 is 1.30 bits per heavy atom. The molecule has 142 valence electrons. The number of ether oxygens (including phenoxy) is 1. The molecular formula is C21H25N3O3.